The van der Waals surface area contributed by atoms with Crippen molar-refractivity contribution in [2.75, 3.05) is 52.9 Å². The van der Waals surface area contributed by atoms with Gasteiger partial charge in [-0.2, -0.15) is 35.1 Å². The summed E-state index contributed by atoms with van der Waals surface area (Å²) in [6, 6.07) is 0. The van der Waals surface area contributed by atoms with Crippen molar-refractivity contribution >= 4 is 11.9 Å². The molecule has 12 aliphatic carbocycles. The maximum atomic E-state index is 14.5. The summed E-state index contributed by atoms with van der Waals surface area (Å²) >= 11 is 0. The molecule has 15 aliphatic rings. The summed E-state index contributed by atoms with van der Waals surface area (Å²) in [5.41, 5.74) is -3.16. The predicted octanol–water partition coefficient (Wildman–Crippen LogP) is 7.94. The van der Waals surface area contributed by atoms with E-state index in [1.165, 1.54) is 6.42 Å². The summed E-state index contributed by atoms with van der Waals surface area (Å²) in [6.45, 7) is -6.20. The number of hydrogen-bond acceptors (Lipinski definition) is 10. The lowest BCUT2D eigenvalue weighted by molar-refractivity contribution is -0.386. The number of hydrogen-bond donors (Lipinski definition) is 0. The van der Waals surface area contributed by atoms with Gasteiger partial charge in [0.2, 0.25) is 0 Å². The average Bonchev–Trinajstić information content (AvgIpc) is 3.38. The highest BCUT2D eigenvalue weighted by atomic mass is 19.3. The Morgan fingerprint density at radius 3 is 1.00 bits per heavy atom. The van der Waals surface area contributed by atoms with Crippen LogP contribution in [0.3, 0.4) is 0 Å². The SMILES string of the molecule is O=C(OCC1(COC(=O)C23CC4CC(C2)C2(OCC(F)(F)C(F)(F)CO2)C(C4)C3)COC2(OC1)C1CC3CC(C1)CC2C3)C12CC3CC(C1)C1(OCC(F)(F)C(F)(F)CO1)C(C3)C2. The minimum absolute atomic E-state index is 0.0198. The van der Waals surface area contributed by atoms with E-state index in [4.69, 9.17) is 37.9 Å². The Balaban J connectivity index is 0.770. The van der Waals surface area contributed by atoms with E-state index in [1.807, 2.05) is 0 Å². The first-order chi connectivity index (χ1) is 29.6. The highest BCUT2D eigenvalue weighted by Gasteiger charge is 2.73. The van der Waals surface area contributed by atoms with Gasteiger partial charge < -0.3 is 37.9 Å². The zero-order chi connectivity index (χ0) is 43.8. The normalized spacial score (nSPS) is 50.4. The highest BCUT2D eigenvalue weighted by Crippen LogP contribution is 2.68. The Morgan fingerprint density at radius 1 is 0.381 bits per heavy atom. The molecule has 0 aromatic carbocycles. The number of halogens is 8. The maximum Gasteiger partial charge on any atom is 0.335 e. The first-order valence-corrected chi connectivity index (χ1v) is 23.3. The van der Waals surface area contributed by atoms with Crippen LogP contribution in [0.5, 0.6) is 0 Å². The van der Waals surface area contributed by atoms with Gasteiger partial charge in [-0.25, -0.2) is 0 Å². The smallest absolute Gasteiger partial charge is 0.335 e. The van der Waals surface area contributed by atoms with Gasteiger partial charge in [0, 0.05) is 35.5 Å². The molecule has 3 aliphatic heterocycles. The van der Waals surface area contributed by atoms with E-state index in [0.717, 1.165) is 25.7 Å². The van der Waals surface area contributed by atoms with Gasteiger partial charge >= 0.3 is 35.6 Å². The van der Waals surface area contributed by atoms with E-state index in [0.29, 0.717) is 50.4 Å². The van der Waals surface area contributed by atoms with Crippen LogP contribution in [-0.2, 0) is 47.5 Å². The van der Waals surface area contributed by atoms with Crippen molar-refractivity contribution in [3.63, 3.8) is 0 Å². The van der Waals surface area contributed by atoms with E-state index in [1.54, 1.807) is 0 Å². The maximum absolute atomic E-state index is 14.5. The topological polar surface area (TPSA) is 108 Å². The molecule has 12 saturated carbocycles. The standard InChI is InChI=1S/C45H56F8O10/c46-39(47)20-60-44(61-21-40(39,48)49)30-6-26-7-31(44)13-37(10-26,12-30)34(54)56-16-36(18-58-43(59-19-36)28-2-24-1-25(4-28)5-29(43)3-24)17-57-35(55)38-11-27-8-32(14-38)45(33(9-27)15-38)62-22-41(50,51)42(52,53)23-63-45/h24-33H,1-23H2. The van der Waals surface area contributed by atoms with Crippen LogP contribution in [0.25, 0.3) is 0 Å². The molecule has 10 nitrogen and oxygen atoms in total. The molecule has 3 spiro atoms. The molecule has 63 heavy (non-hydrogen) atoms. The van der Waals surface area contributed by atoms with E-state index in [2.05, 4.69) is 0 Å². The van der Waals surface area contributed by atoms with Crippen molar-refractivity contribution in [2.45, 2.75) is 137 Å². The molecule has 3 heterocycles. The van der Waals surface area contributed by atoms with Gasteiger partial charge in [-0.1, -0.05) is 0 Å². The third-order valence-electron chi connectivity index (χ3n) is 19.0. The Hall–Kier alpha value is -1.86. The number of esters is 2. The van der Waals surface area contributed by atoms with E-state index in [-0.39, 0.29) is 75.8 Å². The minimum Gasteiger partial charge on any atom is -0.464 e. The number of carbonyl (C=O) groups is 2. The fourth-order valence-corrected chi connectivity index (χ4v) is 16.5. The van der Waals surface area contributed by atoms with Gasteiger partial charge in [0.15, 0.2) is 17.4 Å². The lowest BCUT2D eigenvalue weighted by Gasteiger charge is -2.63. The zero-order valence-corrected chi connectivity index (χ0v) is 35.1. The average molecular weight is 909 g/mol. The number of alkyl halides is 8. The molecule has 4 unspecified atom stereocenters. The Kier molecular flexibility index (Phi) is 9.06. The van der Waals surface area contributed by atoms with Gasteiger partial charge in [0.25, 0.3) is 0 Å². The fraction of sp³-hybridized carbons (Fsp3) is 0.956. The van der Waals surface area contributed by atoms with Crippen molar-refractivity contribution in [1.82, 2.24) is 0 Å². The van der Waals surface area contributed by atoms with Crippen molar-refractivity contribution in [3.8, 4) is 0 Å². The Bertz CT molecular complexity index is 1700. The molecule has 15 rings (SSSR count). The number of ether oxygens (including phenoxy) is 8. The van der Waals surface area contributed by atoms with Crippen molar-refractivity contribution in [3.05, 3.63) is 0 Å². The molecule has 352 valence electrons. The molecule has 18 heteroatoms. The largest absolute Gasteiger partial charge is 0.464 e. The summed E-state index contributed by atoms with van der Waals surface area (Å²) < 4.78 is 164. The second kappa shape index (κ2) is 13.4. The summed E-state index contributed by atoms with van der Waals surface area (Å²) in [5, 5.41) is 0. The summed E-state index contributed by atoms with van der Waals surface area (Å²) in [5.74, 6) is -23.3. The van der Waals surface area contributed by atoms with Crippen LogP contribution < -0.4 is 0 Å². The van der Waals surface area contributed by atoms with Crippen LogP contribution in [0.2, 0.25) is 0 Å². The number of carbonyl (C=O) groups excluding carboxylic acids is 2. The van der Waals surface area contributed by atoms with Gasteiger partial charge in [0.05, 0.1) is 29.5 Å². The lowest BCUT2D eigenvalue weighted by atomic mass is 9.47. The van der Waals surface area contributed by atoms with Crippen LogP contribution in [0.1, 0.15) is 96.3 Å². The fourth-order valence-electron chi connectivity index (χ4n) is 16.5. The summed E-state index contributed by atoms with van der Waals surface area (Å²) in [6.07, 6.45) is 8.83. The first kappa shape index (κ1) is 42.5. The van der Waals surface area contributed by atoms with Crippen LogP contribution >= 0.6 is 0 Å². The van der Waals surface area contributed by atoms with Crippen LogP contribution in [0.4, 0.5) is 35.1 Å². The highest BCUT2D eigenvalue weighted by molar-refractivity contribution is 5.78. The van der Waals surface area contributed by atoms with Gasteiger partial charge in [-0.05, 0) is 120 Å². The van der Waals surface area contributed by atoms with E-state index in [9.17, 15) is 44.7 Å². The third kappa shape index (κ3) is 6.00. The van der Waals surface area contributed by atoms with E-state index >= 15 is 0 Å². The van der Waals surface area contributed by atoms with Crippen LogP contribution in [0.15, 0.2) is 0 Å². The van der Waals surface area contributed by atoms with Crippen LogP contribution in [-0.4, -0.2) is 106 Å². The molecule has 0 aromatic rings. The Labute approximate surface area is 359 Å². The lowest BCUT2D eigenvalue weighted by Crippen LogP contribution is -2.66. The first-order valence-electron chi connectivity index (χ1n) is 23.3. The van der Waals surface area contributed by atoms with Crippen LogP contribution in [0, 0.1) is 75.4 Å². The van der Waals surface area contributed by atoms with Crippen molar-refractivity contribution < 1.29 is 82.6 Å². The molecule has 0 N–H and O–H groups in total. The van der Waals surface area contributed by atoms with E-state index < -0.39 is 119 Å². The zero-order valence-electron chi connectivity index (χ0n) is 35.1. The molecule has 0 amide bonds. The monoisotopic (exact) mass is 908 g/mol. The van der Waals surface area contributed by atoms with Crippen molar-refractivity contribution in [2.24, 2.45) is 75.4 Å². The molecule has 15 fully saturated rings. The molecular weight excluding hydrogens is 852 g/mol. The second-order valence-corrected chi connectivity index (χ2v) is 22.9. The van der Waals surface area contributed by atoms with Gasteiger partial charge in [-0.15, -0.1) is 0 Å². The van der Waals surface area contributed by atoms with Gasteiger partial charge in [-0.3, -0.25) is 9.59 Å². The van der Waals surface area contributed by atoms with Crippen molar-refractivity contribution in [1.29, 1.82) is 0 Å². The molecular formula is C45H56F8O10. The molecule has 12 bridgehead atoms. The second-order valence-electron chi connectivity index (χ2n) is 22.9. The minimum atomic E-state index is -4.41. The number of rotatable bonds is 6. The molecule has 3 saturated heterocycles. The molecule has 0 aromatic heterocycles. The Morgan fingerprint density at radius 2 is 0.667 bits per heavy atom. The summed E-state index contributed by atoms with van der Waals surface area (Å²) in [7, 11) is 0. The molecule has 4 atom stereocenters. The summed E-state index contributed by atoms with van der Waals surface area (Å²) in [4.78, 5) is 29.0. The predicted molar refractivity (Wildman–Crippen MR) is 197 cm³/mol. The molecule has 0 radical (unpaired) electrons. The quantitative estimate of drug-likeness (QED) is 0.193. The van der Waals surface area contributed by atoms with Gasteiger partial charge in [0.1, 0.15) is 39.6 Å². The third-order valence-corrected chi connectivity index (χ3v) is 19.0.